The Bertz CT molecular complexity index is 760. The first kappa shape index (κ1) is 16.7. The van der Waals surface area contributed by atoms with Crippen LogP contribution in [0.1, 0.15) is 25.8 Å². The number of hydrogen-bond donors (Lipinski definition) is 1. The van der Waals surface area contributed by atoms with Crippen molar-refractivity contribution in [2.24, 2.45) is 0 Å². The summed E-state index contributed by atoms with van der Waals surface area (Å²) in [5.41, 5.74) is 2.24. The van der Waals surface area contributed by atoms with Crippen molar-refractivity contribution < 1.29 is 9.84 Å². The van der Waals surface area contributed by atoms with E-state index in [1.807, 2.05) is 36.9 Å². The minimum absolute atomic E-state index is 0.321. The van der Waals surface area contributed by atoms with Crippen LogP contribution in [0.25, 0.3) is 0 Å². The molecule has 24 heavy (non-hydrogen) atoms. The molecule has 0 fully saturated rings. The van der Waals surface area contributed by atoms with Crippen LogP contribution < -0.4 is 4.74 Å². The molecule has 0 spiro atoms. The molecular formula is C21H22O2S. The predicted octanol–water partition coefficient (Wildman–Crippen LogP) is 6.11. The highest BCUT2D eigenvalue weighted by atomic mass is 32.2. The molecule has 0 saturated heterocycles. The highest BCUT2D eigenvalue weighted by Gasteiger charge is 2.09. The van der Waals surface area contributed by atoms with E-state index >= 15 is 0 Å². The van der Waals surface area contributed by atoms with Gasteiger partial charge in [0.25, 0.3) is 0 Å². The molecule has 0 aromatic heterocycles. The number of phenols is 1. The van der Waals surface area contributed by atoms with Crippen LogP contribution in [0.15, 0.2) is 71.2 Å². The molecule has 3 rings (SSSR count). The number of thioether (sulfide) groups is 1. The van der Waals surface area contributed by atoms with Crippen LogP contribution in [0.2, 0.25) is 0 Å². The predicted molar refractivity (Wildman–Crippen MR) is 101 cm³/mol. The Hall–Kier alpha value is -2.13. The minimum Gasteiger partial charge on any atom is -0.508 e. The smallest absolute Gasteiger partial charge is 0.127 e. The van der Waals surface area contributed by atoms with Crippen molar-refractivity contribution >= 4 is 11.8 Å². The van der Waals surface area contributed by atoms with Crippen LogP contribution in [0, 0.1) is 0 Å². The van der Waals surface area contributed by atoms with Gasteiger partial charge in [-0.15, -0.1) is 11.8 Å². The van der Waals surface area contributed by atoms with Gasteiger partial charge in [0.2, 0.25) is 0 Å². The van der Waals surface area contributed by atoms with E-state index in [0.717, 1.165) is 29.9 Å². The van der Waals surface area contributed by atoms with Gasteiger partial charge < -0.3 is 9.84 Å². The number of ether oxygens (including phenoxy) is 1. The molecular weight excluding hydrogens is 316 g/mol. The van der Waals surface area contributed by atoms with Gasteiger partial charge in [-0.2, -0.15) is 0 Å². The Balaban J connectivity index is 1.63. The summed E-state index contributed by atoms with van der Waals surface area (Å²) < 4.78 is 5.89. The fourth-order valence-electron chi connectivity index (χ4n) is 2.60. The fraction of sp³-hybridized carbons (Fsp3) is 0.238. The molecule has 0 amide bonds. The molecule has 0 saturated carbocycles. The number of rotatable bonds is 5. The molecule has 1 aliphatic rings. The highest BCUT2D eigenvalue weighted by molar-refractivity contribution is 8.00. The lowest BCUT2D eigenvalue weighted by molar-refractivity contribution is 0.458. The maximum Gasteiger partial charge on any atom is 0.127 e. The standard InChI is InChI=1S/C21H22O2S/c1-3-16-14-18(8-13-21(16)22)23-17-6-11-20(12-7-17)24-19-9-4-15(2)5-10-19/h4-9,11-14,19,22H,3,10H2,1-2H3. The SMILES string of the molecule is CCc1cc(Oc2ccc(SC3C=CC(C)=CC3)cc2)ccc1O. The third-order valence-corrected chi connectivity index (χ3v) is 5.22. The zero-order valence-corrected chi connectivity index (χ0v) is 14.8. The van der Waals surface area contributed by atoms with E-state index in [2.05, 4.69) is 37.3 Å². The summed E-state index contributed by atoms with van der Waals surface area (Å²) in [4.78, 5) is 1.24. The molecule has 1 N–H and O–H groups in total. The second-order valence-corrected chi connectivity index (χ2v) is 7.23. The molecule has 1 aliphatic carbocycles. The summed E-state index contributed by atoms with van der Waals surface area (Å²) in [6, 6.07) is 13.5. The quantitative estimate of drug-likeness (QED) is 0.713. The van der Waals surface area contributed by atoms with Crippen molar-refractivity contribution in [3.05, 3.63) is 71.8 Å². The van der Waals surface area contributed by atoms with Gasteiger partial charge >= 0.3 is 0 Å². The van der Waals surface area contributed by atoms with Crippen molar-refractivity contribution in [2.75, 3.05) is 0 Å². The lowest BCUT2D eigenvalue weighted by Gasteiger charge is -2.14. The summed E-state index contributed by atoms with van der Waals surface area (Å²) in [5.74, 6) is 1.88. The van der Waals surface area contributed by atoms with Crippen LogP contribution in [0.3, 0.4) is 0 Å². The summed E-state index contributed by atoms with van der Waals surface area (Å²) in [6.07, 6.45) is 8.60. The maximum atomic E-state index is 9.74. The van der Waals surface area contributed by atoms with E-state index < -0.39 is 0 Å². The van der Waals surface area contributed by atoms with E-state index in [9.17, 15) is 5.11 Å². The Kier molecular flexibility index (Phi) is 5.31. The molecule has 2 aromatic rings. The molecule has 1 unspecified atom stereocenters. The van der Waals surface area contributed by atoms with Crippen molar-refractivity contribution in [1.29, 1.82) is 0 Å². The average molecular weight is 338 g/mol. The first-order valence-electron chi connectivity index (χ1n) is 8.25. The van der Waals surface area contributed by atoms with Gasteiger partial charge in [-0.3, -0.25) is 0 Å². The lowest BCUT2D eigenvalue weighted by atomic mass is 10.1. The van der Waals surface area contributed by atoms with Crippen molar-refractivity contribution in [3.63, 3.8) is 0 Å². The number of hydrogen-bond acceptors (Lipinski definition) is 3. The Labute approximate surface area is 147 Å². The van der Waals surface area contributed by atoms with Crippen LogP contribution in [0.5, 0.6) is 17.2 Å². The van der Waals surface area contributed by atoms with Gasteiger partial charge in [-0.25, -0.2) is 0 Å². The lowest BCUT2D eigenvalue weighted by Crippen LogP contribution is -2.00. The van der Waals surface area contributed by atoms with E-state index in [1.165, 1.54) is 10.5 Å². The van der Waals surface area contributed by atoms with Gasteiger partial charge in [0.1, 0.15) is 17.2 Å². The average Bonchev–Trinajstić information content (AvgIpc) is 2.60. The van der Waals surface area contributed by atoms with Crippen molar-refractivity contribution in [1.82, 2.24) is 0 Å². The van der Waals surface area contributed by atoms with Gasteiger partial charge in [0.05, 0.1) is 0 Å². The zero-order chi connectivity index (χ0) is 16.9. The van der Waals surface area contributed by atoms with Crippen molar-refractivity contribution in [2.45, 2.75) is 36.8 Å². The monoisotopic (exact) mass is 338 g/mol. The minimum atomic E-state index is 0.321. The van der Waals surface area contributed by atoms with Crippen molar-refractivity contribution in [3.8, 4) is 17.2 Å². The van der Waals surface area contributed by atoms with E-state index in [-0.39, 0.29) is 0 Å². The number of allylic oxidation sites excluding steroid dienone is 3. The molecule has 124 valence electrons. The number of aryl methyl sites for hydroxylation is 1. The number of benzene rings is 2. The topological polar surface area (TPSA) is 29.5 Å². The largest absolute Gasteiger partial charge is 0.508 e. The van der Waals surface area contributed by atoms with E-state index in [4.69, 9.17) is 4.74 Å². The molecule has 2 aromatic carbocycles. The third kappa shape index (κ3) is 4.24. The summed E-state index contributed by atoms with van der Waals surface area (Å²) >= 11 is 1.87. The normalized spacial score (nSPS) is 16.8. The summed E-state index contributed by atoms with van der Waals surface area (Å²) in [6.45, 7) is 4.15. The number of phenolic OH excluding ortho intramolecular Hbond substituents is 1. The number of aromatic hydroxyl groups is 1. The second kappa shape index (κ2) is 7.63. The summed E-state index contributed by atoms with van der Waals surface area (Å²) in [5, 5.41) is 10.2. The molecule has 2 nitrogen and oxygen atoms in total. The summed E-state index contributed by atoms with van der Waals surface area (Å²) in [7, 11) is 0. The van der Waals surface area contributed by atoms with E-state index in [0.29, 0.717) is 11.0 Å². The van der Waals surface area contributed by atoms with Crippen LogP contribution >= 0.6 is 11.8 Å². The third-order valence-electron chi connectivity index (χ3n) is 4.02. The first-order chi connectivity index (χ1) is 11.6. The first-order valence-corrected chi connectivity index (χ1v) is 9.13. The Morgan fingerprint density at radius 3 is 2.54 bits per heavy atom. The second-order valence-electron chi connectivity index (χ2n) is 5.92. The van der Waals surface area contributed by atoms with Crippen LogP contribution in [-0.4, -0.2) is 10.4 Å². The molecule has 0 bridgehead atoms. The zero-order valence-electron chi connectivity index (χ0n) is 14.0. The molecule has 1 atom stereocenters. The van der Waals surface area contributed by atoms with Gasteiger partial charge in [-0.1, -0.05) is 30.7 Å². The fourth-order valence-corrected chi connectivity index (χ4v) is 3.59. The molecule has 3 heteroatoms. The Morgan fingerprint density at radius 2 is 1.88 bits per heavy atom. The van der Waals surface area contributed by atoms with Crippen LogP contribution in [0.4, 0.5) is 0 Å². The molecule has 0 radical (unpaired) electrons. The highest BCUT2D eigenvalue weighted by Crippen LogP contribution is 2.32. The van der Waals surface area contributed by atoms with Gasteiger partial charge in [0.15, 0.2) is 0 Å². The molecule has 0 heterocycles. The van der Waals surface area contributed by atoms with E-state index in [1.54, 1.807) is 12.1 Å². The molecule has 0 aliphatic heterocycles. The van der Waals surface area contributed by atoms with Gasteiger partial charge in [-0.05, 0) is 67.8 Å². The van der Waals surface area contributed by atoms with Crippen LogP contribution in [-0.2, 0) is 6.42 Å². The maximum absolute atomic E-state index is 9.74. The Morgan fingerprint density at radius 1 is 1.12 bits per heavy atom. The van der Waals surface area contributed by atoms with Gasteiger partial charge in [0, 0.05) is 10.1 Å².